The highest BCUT2D eigenvalue weighted by molar-refractivity contribution is 6.76. The van der Waals surface area contributed by atoms with Gasteiger partial charge in [-0.05, 0) is 115 Å². The maximum atomic E-state index is 12.5. The molecule has 63 heavy (non-hydrogen) atoms. The fourth-order valence-corrected chi connectivity index (χ4v) is 6.96. The lowest BCUT2D eigenvalue weighted by Crippen LogP contribution is -2.47. The molecule has 0 radical (unpaired) electrons. The van der Waals surface area contributed by atoms with Crippen LogP contribution in [0, 0.1) is 17.2 Å². The van der Waals surface area contributed by atoms with Gasteiger partial charge >= 0.3 is 11.9 Å². The Kier molecular flexibility index (Phi) is 27.7. The first-order valence-electron chi connectivity index (χ1n) is 22.7. The molecule has 13 heteroatoms. The van der Waals surface area contributed by atoms with Gasteiger partial charge in [0.05, 0.1) is 35.5 Å². The summed E-state index contributed by atoms with van der Waals surface area (Å²) >= 11 is 16.9. The smallest absolute Gasteiger partial charge is 0.338 e. The minimum atomic E-state index is -2.01. The van der Waals surface area contributed by atoms with E-state index >= 15 is 0 Å². The van der Waals surface area contributed by atoms with Gasteiger partial charge in [0, 0.05) is 0 Å². The van der Waals surface area contributed by atoms with Crippen LogP contribution in [0.4, 0.5) is 0 Å². The molecule has 2 saturated heterocycles. The van der Waals surface area contributed by atoms with E-state index in [0.717, 1.165) is 44.9 Å². The molecule has 0 spiro atoms. The Morgan fingerprint density at radius 1 is 0.698 bits per heavy atom. The fraction of sp³-hybridized carbons (Fsp3) is 0.620. The number of ether oxygens (including phenoxy) is 6. The van der Waals surface area contributed by atoms with Gasteiger partial charge in [0.2, 0.25) is 12.2 Å². The molecular weight excluding hydrogens is 865 g/mol. The molecule has 0 bridgehead atoms. The van der Waals surface area contributed by atoms with E-state index in [4.69, 9.17) is 73.7 Å². The number of nitrogens with one attached hydrogen (secondary N) is 1. The van der Waals surface area contributed by atoms with Crippen LogP contribution in [0.15, 0.2) is 86.0 Å². The van der Waals surface area contributed by atoms with Gasteiger partial charge in [-0.2, -0.15) is 0 Å². The van der Waals surface area contributed by atoms with Crippen molar-refractivity contribution in [3.63, 3.8) is 0 Å². The third-order valence-electron chi connectivity index (χ3n) is 11.1. The van der Waals surface area contributed by atoms with Crippen LogP contribution in [0.2, 0.25) is 0 Å². The normalized spacial score (nSPS) is 24.2. The Morgan fingerprint density at radius 3 is 1.54 bits per heavy atom. The summed E-state index contributed by atoms with van der Waals surface area (Å²) in [5.74, 6) is -0.951. The SMILES string of the molecule is C=CCCCCCCC(C)O.C=CCCCCCC[C@H](C)O[C@@H]1OC(C)[C@H](C)CC1OC(=O)c1ccccc1.CC1O[C@@H](OC(=N)C(Cl)(Cl)Cl)C(OC(=O)c2ccccc2)C[C@H]1C. The summed E-state index contributed by atoms with van der Waals surface area (Å²) in [6.07, 6.45) is 16.4. The number of halogens is 3. The van der Waals surface area contributed by atoms with E-state index in [1.165, 1.54) is 38.5 Å². The molecule has 5 unspecified atom stereocenters. The lowest BCUT2D eigenvalue weighted by Gasteiger charge is -2.39. The summed E-state index contributed by atoms with van der Waals surface area (Å²) in [6.45, 7) is 19.4. The molecule has 2 aromatic rings. The van der Waals surface area contributed by atoms with Gasteiger partial charge in [-0.3, -0.25) is 5.41 Å². The molecule has 2 aliphatic heterocycles. The Hall–Kier alpha value is -2.96. The van der Waals surface area contributed by atoms with E-state index in [2.05, 4.69) is 33.9 Å². The van der Waals surface area contributed by atoms with Crippen LogP contribution in [0.1, 0.15) is 152 Å². The number of alkyl halides is 3. The zero-order valence-electron chi connectivity index (χ0n) is 38.4. The van der Waals surface area contributed by atoms with E-state index in [1.54, 1.807) is 42.5 Å². The number of allylic oxidation sites excluding steroid dienone is 2. The summed E-state index contributed by atoms with van der Waals surface area (Å²) in [7, 11) is 0. The van der Waals surface area contributed by atoms with Crippen LogP contribution in [-0.4, -0.2) is 75.9 Å². The lowest BCUT2D eigenvalue weighted by molar-refractivity contribution is -0.263. The van der Waals surface area contributed by atoms with Crippen molar-refractivity contribution in [2.24, 2.45) is 11.8 Å². The van der Waals surface area contributed by atoms with Gasteiger partial charge in [0.25, 0.3) is 3.79 Å². The van der Waals surface area contributed by atoms with E-state index in [-0.39, 0.29) is 42.4 Å². The van der Waals surface area contributed by atoms with Crippen molar-refractivity contribution in [2.75, 3.05) is 0 Å². The molecule has 2 aromatic carbocycles. The number of carbonyl (C=O) groups is 2. The molecule has 0 aromatic heterocycles. The van der Waals surface area contributed by atoms with Gasteiger partial charge in [-0.1, -0.05) is 136 Å². The van der Waals surface area contributed by atoms with Crippen molar-refractivity contribution in [1.29, 1.82) is 5.41 Å². The molecule has 10 nitrogen and oxygen atoms in total. The van der Waals surface area contributed by atoms with Crippen molar-refractivity contribution >= 4 is 52.6 Å². The minimum absolute atomic E-state index is 0.0722. The third kappa shape index (κ3) is 23.2. The molecule has 2 heterocycles. The van der Waals surface area contributed by atoms with Crippen molar-refractivity contribution in [3.8, 4) is 0 Å². The molecule has 2 N–H and O–H groups in total. The molecule has 2 fully saturated rings. The molecule has 10 atom stereocenters. The van der Waals surface area contributed by atoms with Crippen molar-refractivity contribution < 1.29 is 43.1 Å². The van der Waals surface area contributed by atoms with Crippen molar-refractivity contribution in [2.45, 2.75) is 184 Å². The third-order valence-corrected chi connectivity index (χ3v) is 11.6. The fourth-order valence-electron chi connectivity index (χ4n) is 6.83. The standard InChI is InChI=1S/C24H36O4.C16H18Cl3NO4.C10H20O/c1-5-6-7-8-9-11-14-19(3)26-24-22(17-18(2)20(4)27-24)28-23(25)21-15-12-10-13-16-21;1-9-8-12(23-13(21)11-6-4-3-5-7-11)14(22-10(9)2)24-15(20)16(17,18)19;1-3-4-5-6-7-8-9-10(2)11/h5,10,12-13,15-16,18-20,22,24H,1,6-9,11,14,17H2,2-4H3;3-7,9-10,12,14,20H,8H2,1-2H3;3,10-11H,1,4-9H2,2H3/t18-,19+,20?,22?,24-;9-,10?,12?,14+;/m11./s1. The molecule has 354 valence electrons. The van der Waals surface area contributed by atoms with E-state index in [1.807, 2.05) is 51.1 Å². The second-order valence-electron chi connectivity index (χ2n) is 16.8. The molecule has 0 aliphatic carbocycles. The molecule has 0 amide bonds. The Bertz CT molecular complexity index is 1590. The highest BCUT2D eigenvalue weighted by atomic mass is 35.6. The van der Waals surface area contributed by atoms with Crippen LogP contribution < -0.4 is 0 Å². The summed E-state index contributed by atoms with van der Waals surface area (Å²) in [6, 6.07) is 17.7. The molecule has 4 rings (SSSR count). The highest BCUT2D eigenvalue weighted by Crippen LogP contribution is 2.33. The predicted octanol–water partition coefficient (Wildman–Crippen LogP) is 13.2. The van der Waals surface area contributed by atoms with Gasteiger partial charge in [0.1, 0.15) is 0 Å². The maximum absolute atomic E-state index is 12.5. The van der Waals surface area contributed by atoms with E-state index in [0.29, 0.717) is 23.5 Å². The highest BCUT2D eigenvalue weighted by Gasteiger charge is 2.42. The van der Waals surface area contributed by atoms with Gasteiger partial charge in [0.15, 0.2) is 18.5 Å². The van der Waals surface area contributed by atoms with Gasteiger partial charge in [-0.25, -0.2) is 9.59 Å². The van der Waals surface area contributed by atoms with E-state index < -0.39 is 34.3 Å². The number of esters is 2. The predicted molar refractivity (Wildman–Crippen MR) is 255 cm³/mol. The summed E-state index contributed by atoms with van der Waals surface area (Å²) in [5.41, 5.74) is 0.971. The topological polar surface area (TPSA) is 134 Å². The average molecular weight is 939 g/mol. The largest absolute Gasteiger partial charge is 0.453 e. The van der Waals surface area contributed by atoms with Crippen LogP contribution in [0.5, 0.6) is 0 Å². The van der Waals surface area contributed by atoms with Crippen LogP contribution in [0.25, 0.3) is 0 Å². The number of hydrogen-bond acceptors (Lipinski definition) is 10. The van der Waals surface area contributed by atoms with E-state index in [9.17, 15) is 9.59 Å². The van der Waals surface area contributed by atoms with Crippen LogP contribution >= 0.6 is 34.8 Å². The number of benzene rings is 2. The quantitative estimate of drug-likeness (QED) is 0.0313. The van der Waals surface area contributed by atoms with Crippen LogP contribution in [-0.2, 0) is 28.4 Å². The Labute approximate surface area is 392 Å². The monoisotopic (exact) mass is 937 g/mol. The first-order valence-corrected chi connectivity index (χ1v) is 23.8. The van der Waals surface area contributed by atoms with Gasteiger partial charge < -0.3 is 33.5 Å². The molecular formula is C50H74Cl3NO9. The second kappa shape index (κ2) is 31.0. The number of hydrogen-bond donors (Lipinski definition) is 2. The minimum Gasteiger partial charge on any atom is -0.453 e. The average Bonchev–Trinajstić information content (AvgIpc) is 3.24. The number of unbranched alkanes of at least 4 members (excludes halogenated alkanes) is 8. The van der Waals surface area contributed by atoms with Crippen molar-refractivity contribution in [3.05, 3.63) is 97.1 Å². The van der Waals surface area contributed by atoms with Gasteiger partial charge in [-0.15, -0.1) is 13.2 Å². The second-order valence-corrected chi connectivity index (χ2v) is 19.0. The number of aliphatic hydroxyl groups excluding tert-OH is 1. The number of carbonyl (C=O) groups excluding carboxylic acids is 2. The zero-order valence-corrected chi connectivity index (χ0v) is 40.6. The lowest BCUT2D eigenvalue weighted by atomic mass is 9.95. The summed E-state index contributed by atoms with van der Waals surface area (Å²) in [5, 5.41) is 16.6. The first kappa shape index (κ1) is 56.2. The van der Waals surface area contributed by atoms with Crippen LogP contribution in [0.3, 0.4) is 0 Å². The Morgan fingerprint density at radius 2 is 1.11 bits per heavy atom. The zero-order chi connectivity index (χ0) is 46.8. The Balaban J connectivity index is 0.000000355. The number of aliphatic hydroxyl groups is 1. The first-order chi connectivity index (χ1) is 30.0. The molecule has 2 aliphatic rings. The number of rotatable bonds is 21. The summed E-state index contributed by atoms with van der Waals surface area (Å²) < 4.78 is 32.5. The summed E-state index contributed by atoms with van der Waals surface area (Å²) in [4.78, 5) is 24.8. The molecule has 0 saturated carbocycles. The van der Waals surface area contributed by atoms with Crippen molar-refractivity contribution in [1.82, 2.24) is 0 Å². The maximum Gasteiger partial charge on any atom is 0.338 e.